The molecule has 5 nitrogen and oxygen atoms in total. The Kier molecular flexibility index (Phi) is 5.16. The topological polar surface area (TPSA) is 54.3 Å². The average Bonchev–Trinajstić information content (AvgIpc) is 3.31. The van der Waals surface area contributed by atoms with Crippen molar-refractivity contribution in [1.82, 2.24) is 9.88 Å². The summed E-state index contributed by atoms with van der Waals surface area (Å²) in [6, 6.07) is 10.3. The van der Waals surface area contributed by atoms with Gasteiger partial charge in [0.05, 0.1) is 16.8 Å². The number of hydrogen-bond acceptors (Lipinski definition) is 3. The fourth-order valence-corrected chi connectivity index (χ4v) is 6.37. The van der Waals surface area contributed by atoms with Crippen molar-refractivity contribution >= 4 is 39.1 Å². The quantitative estimate of drug-likeness (QED) is 0.579. The SMILES string of the molecule is Cc1cc(C)cc(N2C(=O)c3cc4sccc4n3C[C@]2(C)C(=O)N[C@@H]2CCCC[C@@H]2C)c1. The molecule has 1 N–H and O–H groups in total. The summed E-state index contributed by atoms with van der Waals surface area (Å²) in [4.78, 5) is 29.6. The van der Waals surface area contributed by atoms with Crippen LogP contribution in [-0.4, -0.2) is 28.0 Å². The number of nitrogens with one attached hydrogen (secondary N) is 1. The molecule has 1 fully saturated rings. The van der Waals surface area contributed by atoms with Gasteiger partial charge < -0.3 is 9.88 Å². The first-order valence-electron chi connectivity index (χ1n) is 11.6. The number of benzene rings is 1. The number of thiophene rings is 1. The van der Waals surface area contributed by atoms with Crippen molar-refractivity contribution in [2.24, 2.45) is 5.92 Å². The summed E-state index contributed by atoms with van der Waals surface area (Å²) >= 11 is 1.63. The molecule has 168 valence electrons. The normalized spacial score (nSPS) is 25.8. The Morgan fingerprint density at radius 2 is 1.84 bits per heavy atom. The number of anilines is 1. The van der Waals surface area contributed by atoms with E-state index < -0.39 is 5.54 Å². The molecule has 0 bridgehead atoms. The van der Waals surface area contributed by atoms with E-state index in [0.29, 0.717) is 18.2 Å². The molecule has 2 aliphatic rings. The van der Waals surface area contributed by atoms with E-state index >= 15 is 0 Å². The minimum Gasteiger partial charge on any atom is -0.351 e. The van der Waals surface area contributed by atoms with Gasteiger partial charge in [0.2, 0.25) is 5.91 Å². The van der Waals surface area contributed by atoms with Crippen LogP contribution in [0.25, 0.3) is 10.2 Å². The first kappa shape index (κ1) is 21.3. The molecule has 0 spiro atoms. The van der Waals surface area contributed by atoms with Gasteiger partial charge in [-0.1, -0.05) is 25.8 Å². The molecule has 1 aliphatic heterocycles. The zero-order valence-electron chi connectivity index (χ0n) is 19.3. The van der Waals surface area contributed by atoms with Crippen molar-refractivity contribution in [3.8, 4) is 0 Å². The van der Waals surface area contributed by atoms with Crippen molar-refractivity contribution in [1.29, 1.82) is 0 Å². The lowest BCUT2D eigenvalue weighted by Gasteiger charge is -2.45. The van der Waals surface area contributed by atoms with E-state index in [0.717, 1.165) is 46.3 Å². The van der Waals surface area contributed by atoms with E-state index in [1.165, 1.54) is 6.42 Å². The first-order valence-corrected chi connectivity index (χ1v) is 12.5. The Bertz CT molecular complexity index is 1190. The molecule has 1 aromatic carbocycles. The molecule has 1 aliphatic carbocycles. The van der Waals surface area contributed by atoms with E-state index in [2.05, 4.69) is 18.3 Å². The van der Waals surface area contributed by atoms with Crippen LogP contribution in [-0.2, 0) is 11.3 Å². The summed E-state index contributed by atoms with van der Waals surface area (Å²) in [5.74, 6) is 0.279. The van der Waals surface area contributed by atoms with E-state index in [1.54, 1.807) is 16.2 Å². The van der Waals surface area contributed by atoms with Crippen molar-refractivity contribution in [3.63, 3.8) is 0 Å². The monoisotopic (exact) mass is 449 g/mol. The van der Waals surface area contributed by atoms with E-state index in [1.807, 2.05) is 55.0 Å². The molecule has 6 heteroatoms. The molecule has 2 aromatic heterocycles. The molecule has 1 saturated carbocycles. The Balaban J connectivity index is 1.61. The number of nitrogens with zero attached hydrogens (tertiary/aromatic N) is 2. The van der Waals surface area contributed by atoms with Crippen molar-refractivity contribution in [2.75, 3.05) is 4.90 Å². The molecule has 2 amide bonds. The van der Waals surface area contributed by atoms with Gasteiger partial charge in [-0.05, 0) is 80.3 Å². The fraction of sp³-hybridized carbons (Fsp3) is 0.462. The first-order chi connectivity index (χ1) is 15.3. The Labute approximate surface area is 193 Å². The van der Waals surface area contributed by atoms with Gasteiger partial charge in [0.1, 0.15) is 11.2 Å². The lowest BCUT2D eigenvalue weighted by molar-refractivity contribution is -0.127. The molecule has 0 saturated heterocycles. The highest BCUT2D eigenvalue weighted by Gasteiger charge is 2.49. The van der Waals surface area contributed by atoms with Crippen molar-refractivity contribution in [3.05, 3.63) is 52.5 Å². The lowest BCUT2D eigenvalue weighted by atomic mass is 9.84. The highest BCUT2D eigenvalue weighted by molar-refractivity contribution is 7.17. The third kappa shape index (κ3) is 3.36. The lowest BCUT2D eigenvalue weighted by Crippen LogP contribution is -2.65. The molecule has 0 radical (unpaired) electrons. The second kappa shape index (κ2) is 7.77. The minimum atomic E-state index is -1.02. The predicted molar refractivity (Wildman–Crippen MR) is 131 cm³/mol. The Hall–Kier alpha value is -2.60. The largest absolute Gasteiger partial charge is 0.351 e. The molecule has 3 heterocycles. The molecule has 32 heavy (non-hydrogen) atoms. The van der Waals surface area contributed by atoms with Crippen LogP contribution in [0.1, 0.15) is 61.1 Å². The van der Waals surface area contributed by atoms with Crippen molar-refractivity contribution in [2.45, 2.75) is 71.5 Å². The number of fused-ring (bicyclic) bond motifs is 3. The molecule has 3 atom stereocenters. The summed E-state index contributed by atoms with van der Waals surface area (Å²) < 4.78 is 3.12. The second-order valence-corrected chi connectivity index (χ2v) is 10.8. The van der Waals surface area contributed by atoms with Crippen LogP contribution >= 0.6 is 11.3 Å². The zero-order chi connectivity index (χ0) is 22.6. The number of amides is 2. The van der Waals surface area contributed by atoms with E-state index in [4.69, 9.17) is 0 Å². The maximum absolute atomic E-state index is 13.9. The maximum Gasteiger partial charge on any atom is 0.275 e. The molecule has 5 rings (SSSR count). The molecular weight excluding hydrogens is 418 g/mol. The van der Waals surface area contributed by atoms with Gasteiger partial charge in [0.25, 0.3) is 5.91 Å². The van der Waals surface area contributed by atoms with Crippen LogP contribution in [0.3, 0.4) is 0 Å². The van der Waals surface area contributed by atoms with Gasteiger partial charge >= 0.3 is 0 Å². The fourth-order valence-electron chi connectivity index (χ4n) is 5.55. The van der Waals surface area contributed by atoms with E-state index in [9.17, 15) is 9.59 Å². The summed E-state index contributed by atoms with van der Waals surface area (Å²) in [5.41, 5.74) is 3.62. The number of aromatic nitrogens is 1. The second-order valence-electron chi connectivity index (χ2n) is 9.89. The third-order valence-corrected chi connectivity index (χ3v) is 8.14. The van der Waals surface area contributed by atoms with Crippen molar-refractivity contribution < 1.29 is 9.59 Å². The summed E-state index contributed by atoms with van der Waals surface area (Å²) in [5, 5.41) is 5.39. The smallest absolute Gasteiger partial charge is 0.275 e. The van der Waals surface area contributed by atoms with Crippen LogP contribution in [0.2, 0.25) is 0 Å². The molecular formula is C26H31N3O2S. The van der Waals surface area contributed by atoms with E-state index in [-0.39, 0.29) is 17.9 Å². The van der Waals surface area contributed by atoms with Gasteiger partial charge in [-0.15, -0.1) is 11.3 Å². The Morgan fingerprint density at radius 3 is 2.56 bits per heavy atom. The maximum atomic E-state index is 13.9. The van der Waals surface area contributed by atoms with Gasteiger partial charge in [-0.3, -0.25) is 14.5 Å². The summed E-state index contributed by atoms with van der Waals surface area (Å²) in [6.45, 7) is 8.65. The van der Waals surface area contributed by atoms with Gasteiger partial charge in [0, 0.05) is 11.7 Å². The van der Waals surface area contributed by atoms with Gasteiger partial charge in [-0.2, -0.15) is 0 Å². The summed E-state index contributed by atoms with van der Waals surface area (Å²) in [6.07, 6.45) is 4.51. The highest BCUT2D eigenvalue weighted by atomic mass is 32.1. The number of rotatable bonds is 3. The molecule has 3 aromatic rings. The average molecular weight is 450 g/mol. The highest BCUT2D eigenvalue weighted by Crippen LogP contribution is 2.38. The number of aryl methyl sites for hydroxylation is 2. The van der Waals surface area contributed by atoms with Crippen LogP contribution in [0.5, 0.6) is 0 Å². The zero-order valence-corrected chi connectivity index (χ0v) is 20.1. The van der Waals surface area contributed by atoms with Gasteiger partial charge in [0.15, 0.2) is 0 Å². The van der Waals surface area contributed by atoms with Gasteiger partial charge in [-0.25, -0.2) is 0 Å². The summed E-state index contributed by atoms with van der Waals surface area (Å²) in [7, 11) is 0. The number of carbonyl (C=O) groups is 2. The minimum absolute atomic E-state index is 0.0634. The van der Waals surface area contributed by atoms with Crippen LogP contribution in [0, 0.1) is 19.8 Å². The predicted octanol–water partition coefficient (Wildman–Crippen LogP) is 5.43. The molecule has 0 unspecified atom stereocenters. The third-order valence-electron chi connectivity index (χ3n) is 7.29. The van der Waals surface area contributed by atoms with Crippen LogP contribution in [0.15, 0.2) is 35.7 Å². The Morgan fingerprint density at radius 1 is 1.12 bits per heavy atom. The van der Waals surface area contributed by atoms with Crippen LogP contribution < -0.4 is 10.2 Å². The number of hydrogen-bond donors (Lipinski definition) is 1. The van der Waals surface area contributed by atoms with Crippen LogP contribution in [0.4, 0.5) is 5.69 Å². The number of carbonyl (C=O) groups excluding carboxylic acids is 2. The standard InChI is InChI=1S/C26H31N3O2S/c1-16-11-17(2)13-19(12-16)29-24(30)22-14-23-21(9-10-32-23)28(22)15-26(29,4)25(31)27-20-8-6-5-7-18(20)3/h9-14,18,20H,5-8,15H2,1-4H3,(H,27,31)/t18-,20+,26+/m0/s1.